The molecular weight excluding hydrogens is 417 g/mol. The Morgan fingerprint density at radius 1 is 0.903 bits per heavy atom. The van der Waals surface area contributed by atoms with Gasteiger partial charge in [-0.25, -0.2) is 4.39 Å². The third-order valence-corrected chi connectivity index (χ3v) is 5.14. The number of rotatable bonds is 11. The lowest BCUT2D eigenvalue weighted by molar-refractivity contribution is 0.269. The normalized spacial score (nSPS) is 10.7. The van der Waals surface area contributed by atoms with E-state index < -0.39 is 0 Å². The minimum atomic E-state index is -0.368. The number of methoxy groups -OCH3 is 1. The van der Waals surface area contributed by atoms with Crippen molar-refractivity contribution in [2.75, 3.05) is 20.3 Å². The summed E-state index contributed by atoms with van der Waals surface area (Å²) in [6.07, 6.45) is 0.932. The van der Waals surface area contributed by atoms with Crippen LogP contribution in [0.3, 0.4) is 0 Å². The fraction of sp³-hybridized carbons (Fsp3) is 0.280. The van der Waals surface area contributed by atoms with Gasteiger partial charge in [-0.3, -0.25) is 0 Å². The van der Waals surface area contributed by atoms with E-state index in [0.29, 0.717) is 23.1 Å². The van der Waals surface area contributed by atoms with E-state index in [-0.39, 0.29) is 12.4 Å². The average Bonchev–Trinajstić information content (AvgIpc) is 2.78. The highest BCUT2D eigenvalue weighted by molar-refractivity contribution is 6.31. The summed E-state index contributed by atoms with van der Waals surface area (Å²) < 4.78 is 30.1. The molecule has 0 radical (unpaired) electrons. The Balaban J connectivity index is 1.54. The predicted molar refractivity (Wildman–Crippen MR) is 122 cm³/mol. The average molecular weight is 444 g/mol. The quantitative estimate of drug-likeness (QED) is 0.380. The first-order valence-corrected chi connectivity index (χ1v) is 10.6. The molecule has 3 aromatic carbocycles. The van der Waals surface area contributed by atoms with Gasteiger partial charge < -0.3 is 19.5 Å². The molecule has 0 atom stereocenters. The van der Waals surface area contributed by atoms with Gasteiger partial charge in [0.1, 0.15) is 18.2 Å². The Bertz CT molecular complexity index is 979. The molecule has 0 fully saturated rings. The summed E-state index contributed by atoms with van der Waals surface area (Å²) in [7, 11) is 1.67. The van der Waals surface area contributed by atoms with Gasteiger partial charge in [-0.2, -0.15) is 0 Å². The van der Waals surface area contributed by atoms with E-state index in [4.69, 9.17) is 25.8 Å². The molecule has 0 saturated carbocycles. The number of hydrogen-bond donors (Lipinski definition) is 1. The molecular formula is C25H27ClFNO3. The molecule has 1 N–H and O–H groups in total. The Hall–Kier alpha value is -2.76. The largest absolute Gasteiger partial charge is 0.497 e. The van der Waals surface area contributed by atoms with Crippen LogP contribution < -0.4 is 19.5 Å². The van der Waals surface area contributed by atoms with Gasteiger partial charge in [0.2, 0.25) is 0 Å². The number of benzene rings is 3. The van der Waals surface area contributed by atoms with Gasteiger partial charge in [0.05, 0.1) is 18.7 Å². The summed E-state index contributed by atoms with van der Waals surface area (Å²) in [4.78, 5) is 0. The second-order valence-electron chi connectivity index (χ2n) is 7.01. The fourth-order valence-corrected chi connectivity index (χ4v) is 3.32. The first kappa shape index (κ1) is 22.9. The smallest absolute Gasteiger partial charge is 0.161 e. The highest BCUT2D eigenvalue weighted by atomic mass is 35.5. The Morgan fingerprint density at radius 3 is 2.39 bits per heavy atom. The second-order valence-corrected chi connectivity index (χ2v) is 7.42. The van der Waals surface area contributed by atoms with Gasteiger partial charge in [0.15, 0.2) is 11.5 Å². The Labute approximate surface area is 187 Å². The number of ether oxygens (including phenoxy) is 3. The van der Waals surface area contributed by atoms with E-state index in [9.17, 15) is 4.39 Å². The highest BCUT2D eigenvalue weighted by Crippen LogP contribution is 2.30. The van der Waals surface area contributed by atoms with Crippen LogP contribution in [0.1, 0.15) is 23.6 Å². The maximum atomic E-state index is 13.2. The van der Waals surface area contributed by atoms with Crippen LogP contribution in [0, 0.1) is 5.82 Å². The van der Waals surface area contributed by atoms with E-state index in [0.717, 1.165) is 36.4 Å². The molecule has 6 heteroatoms. The fourth-order valence-electron chi connectivity index (χ4n) is 3.10. The summed E-state index contributed by atoms with van der Waals surface area (Å²) in [5.41, 5.74) is 3.08. The van der Waals surface area contributed by atoms with Crippen molar-refractivity contribution in [3.8, 4) is 17.2 Å². The van der Waals surface area contributed by atoms with E-state index in [2.05, 4.69) is 17.4 Å². The maximum absolute atomic E-state index is 13.2. The molecule has 31 heavy (non-hydrogen) atoms. The molecule has 4 nitrogen and oxygen atoms in total. The number of nitrogens with one attached hydrogen (secondary N) is 1. The second kappa shape index (κ2) is 11.6. The standard InChI is InChI=1S/C25H27ClFNO3/c1-3-30-25-14-19(16-28-13-12-18-4-9-22(29-2)10-5-18)6-11-24(25)31-17-20-7-8-21(27)15-23(20)26/h4-11,14-15,28H,3,12-13,16-17H2,1-2H3. The van der Waals surface area contributed by atoms with Gasteiger partial charge >= 0.3 is 0 Å². The van der Waals surface area contributed by atoms with E-state index in [1.54, 1.807) is 13.2 Å². The van der Waals surface area contributed by atoms with Crippen molar-refractivity contribution < 1.29 is 18.6 Å². The molecule has 3 aromatic rings. The van der Waals surface area contributed by atoms with Crippen molar-refractivity contribution in [2.24, 2.45) is 0 Å². The lowest BCUT2D eigenvalue weighted by Gasteiger charge is -2.14. The molecule has 0 aromatic heterocycles. The summed E-state index contributed by atoms with van der Waals surface area (Å²) in [6, 6.07) is 18.3. The summed E-state index contributed by atoms with van der Waals surface area (Å²) in [6.45, 7) is 4.28. The summed E-state index contributed by atoms with van der Waals surface area (Å²) in [5, 5.41) is 3.80. The van der Waals surface area contributed by atoms with Crippen molar-refractivity contribution in [2.45, 2.75) is 26.5 Å². The van der Waals surface area contributed by atoms with Gasteiger partial charge in [0, 0.05) is 12.1 Å². The van der Waals surface area contributed by atoms with Crippen molar-refractivity contribution in [1.29, 1.82) is 0 Å². The minimum absolute atomic E-state index is 0.235. The van der Waals surface area contributed by atoms with Gasteiger partial charge in [0.25, 0.3) is 0 Å². The lowest BCUT2D eigenvalue weighted by atomic mass is 10.1. The zero-order chi connectivity index (χ0) is 22.1. The van der Waals surface area contributed by atoms with Gasteiger partial charge in [-0.1, -0.05) is 35.9 Å². The molecule has 0 spiro atoms. The zero-order valence-electron chi connectivity index (χ0n) is 17.8. The van der Waals surface area contributed by atoms with Crippen molar-refractivity contribution >= 4 is 11.6 Å². The van der Waals surface area contributed by atoms with Crippen molar-refractivity contribution in [3.05, 3.63) is 88.2 Å². The summed E-state index contributed by atoms with van der Waals surface area (Å²) in [5.74, 6) is 1.80. The van der Waals surface area contributed by atoms with Crippen LogP contribution in [-0.4, -0.2) is 20.3 Å². The molecule has 0 amide bonds. The number of hydrogen-bond acceptors (Lipinski definition) is 4. The molecule has 0 unspecified atom stereocenters. The van der Waals surface area contributed by atoms with Crippen LogP contribution in [0.2, 0.25) is 5.02 Å². The van der Waals surface area contributed by atoms with E-state index >= 15 is 0 Å². The molecule has 0 aliphatic heterocycles. The van der Waals surface area contributed by atoms with E-state index in [1.165, 1.54) is 17.7 Å². The predicted octanol–water partition coefficient (Wildman–Crippen LogP) is 5.80. The SMILES string of the molecule is CCOc1cc(CNCCc2ccc(OC)cc2)ccc1OCc1ccc(F)cc1Cl. The van der Waals surface area contributed by atoms with Gasteiger partial charge in [-0.05, 0) is 67.4 Å². The van der Waals surface area contributed by atoms with Crippen LogP contribution in [0.4, 0.5) is 4.39 Å². The third-order valence-electron chi connectivity index (χ3n) is 4.78. The first-order chi connectivity index (χ1) is 15.1. The monoisotopic (exact) mass is 443 g/mol. The molecule has 0 aliphatic rings. The Morgan fingerprint density at radius 2 is 1.68 bits per heavy atom. The molecule has 164 valence electrons. The first-order valence-electron chi connectivity index (χ1n) is 10.2. The topological polar surface area (TPSA) is 39.7 Å². The third kappa shape index (κ3) is 6.88. The molecule has 0 heterocycles. The van der Waals surface area contributed by atoms with Crippen LogP contribution in [0.5, 0.6) is 17.2 Å². The zero-order valence-corrected chi connectivity index (χ0v) is 18.5. The van der Waals surface area contributed by atoms with Crippen molar-refractivity contribution in [3.63, 3.8) is 0 Å². The van der Waals surface area contributed by atoms with Crippen LogP contribution >= 0.6 is 11.6 Å². The van der Waals surface area contributed by atoms with Gasteiger partial charge in [-0.15, -0.1) is 0 Å². The highest BCUT2D eigenvalue weighted by Gasteiger charge is 2.09. The molecule has 0 aliphatic carbocycles. The molecule has 0 saturated heterocycles. The van der Waals surface area contributed by atoms with Crippen LogP contribution in [0.15, 0.2) is 60.7 Å². The van der Waals surface area contributed by atoms with Crippen molar-refractivity contribution in [1.82, 2.24) is 5.32 Å². The van der Waals surface area contributed by atoms with Crippen LogP contribution in [-0.2, 0) is 19.6 Å². The minimum Gasteiger partial charge on any atom is -0.497 e. The Kier molecular flexibility index (Phi) is 8.56. The van der Waals surface area contributed by atoms with Crippen LogP contribution in [0.25, 0.3) is 0 Å². The maximum Gasteiger partial charge on any atom is 0.161 e. The lowest BCUT2D eigenvalue weighted by Crippen LogP contribution is -2.16. The molecule has 0 bridgehead atoms. The number of halogens is 2. The molecule has 3 rings (SSSR count). The summed E-state index contributed by atoms with van der Waals surface area (Å²) >= 11 is 6.09. The van der Waals surface area contributed by atoms with E-state index in [1.807, 2.05) is 37.3 Å².